The van der Waals surface area contributed by atoms with Gasteiger partial charge in [0.25, 0.3) is 10.0 Å². The third-order valence-electron chi connectivity index (χ3n) is 4.03. The van der Waals surface area contributed by atoms with E-state index in [1.54, 1.807) is 18.2 Å². The zero-order valence-electron chi connectivity index (χ0n) is 11.0. The maximum absolute atomic E-state index is 12.0. The Hall–Kier alpha value is -1.40. The van der Waals surface area contributed by atoms with Crippen LogP contribution in [-0.4, -0.2) is 37.8 Å². The van der Waals surface area contributed by atoms with E-state index in [1.807, 2.05) is 11.0 Å². The Labute approximate surface area is 113 Å². The van der Waals surface area contributed by atoms with E-state index in [9.17, 15) is 8.42 Å². The molecule has 0 atom stereocenters. The van der Waals surface area contributed by atoms with E-state index < -0.39 is 10.0 Å². The van der Waals surface area contributed by atoms with Crippen molar-refractivity contribution in [2.75, 3.05) is 13.1 Å². The van der Waals surface area contributed by atoms with E-state index in [1.165, 1.54) is 0 Å². The molecule has 102 valence electrons. The van der Waals surface area contributed by atoms with Gasteiger partial charge in [-0.15, -0.1) is 4.40 Å². The quantitative estimate of drug-likeness (QED) is 0.825. The first kappa shape index (κ1) is 12.6. The van der Waals surface area contributed by atoms with Gasteiger partial charge in [0.05, 0.1) is 5.54 Å². The molecular weight excluding hydrogens is 262 g/mol. The molecule has 0 bridgehead atoms. The fourth-order valence-electron chi connectivity index (χ4n) is 2.50. The summed E-state index contributed by atoms with van der Waals surface area (Å²) in [6.07, 6.45) is 0. The lowest BCUT2D eigenvalue weighted by Gasteiger charge is -2.51. The molecule has 1 fully saturated rings. The molecule has 1 aromatic carbocycles. The van der Waals surface area contributed by atoms with Crippen molar-refractivity contribution in [1.82, 2.24) is 4.90 Å². The van der Waals surface area contributed by atoms with Crippen LogP contribution in [0.15, 0.2) is 33.6 Å². The van der Waals surface area contributed by atoms with Gasteiger partial charge in [-0.05, 0) is 18.1 Å². The maximum Gasteiger partial charge on any atom is 0.285 e. The predicted molar refractivity (Wildman–Crippen MR) is 73.5 cm³/mol. The van der Waals surface area contributed by atoms with Crippen LogP contribution in [0, 0.1) is 5.92 Å². The zero-order chi connectivity index (χ0) is 13.8. The van der Waals surface area contributed by atoms with Crippen LogP contribution in [0.4, 0.5) is 0 Å². The number of nitrogens with zero attached hydrogens (tertiary/aromatic N) is 2. The largest absolute Gasteiger partial charge is 0.352 e. The Balaban J connectivity index is 1.94. The number of amidine groups is 1. The van der Waals surface area contributed by atoms with Crippen LogP contribution in [0.5, 0.6) is 0 Å². The topological polar surface area (TPSA) is 75.8 Å². The molecular formula is C13H17N3O2S. The smallest absolute Gasteiger partial charge is 0.285 e. The summed E-state index contributed by atoms with van der Waals surface area (Å²) in [7, 11) is -3.53. The summed E-state index contributed by atoms with van der Waals surface area (Å²) in [5.74, 6) is 0.898. The molecule has 6 heteroatoms. The summed E-state index contributed by atoms with van der Waals surface area (Å²) < 4.78 is 27.8. The van der Waals surface area contributed by atoms with Crippen LogP contribution in [0.3, 0.4) is 0 Å². The first-order valence-electron chi connectivity index (χ1n) is 6.32. The average Bonchev–Trinajstić information content (AvgIpc) is 2.58. The second-order valence-corrected chi connectivity index (χ2v) is 7.20. The van der Waals surface area contributed by atoms with Crippen molar-refractivity contribution in [1.29, 1.82) is 0 Å². The van der Waals surface area contributed by atoms with Gasteiger partial charge in [0.15, 0.2) is 5.84 Å². The lowest BCUT2D eigenvalue weighted by Crippen LogP contribution is -2.71. The third-order valence-corrected chi connectivity index (χ3v) is 5.36. The fraction of sp³-hybridized carbons (Fsp3) is 0.462. The van der Waals surface area contributed by atoms with Gasteiger partial charge in [0.2, 0.25) is 0 Å². The van der Waals surface area contributed by atoms with Crippen molar-refractivity contribution in [2.24, 2.45) is 16.0 Å². The highest BCUT2D eigenvalue weighted by Crippen LogP contribution is 2.33. The summed E-state index contributed by atoms with van der Waals surface area (Å²) in [4.78, 5) is 2.24. The number of sulfonamides is 1. The molecule has 5 nitrogen and oxygen atoms in total. The van der Waals surface area contributed by atoms with Crippen molar-refractivity contribution < 1.29 is 8.42 Å². The molecule has 0 saturated carbocycles. The van der Waals surface area contributed by atoms with Gasteiger partial charge in [0.1, 0.15) is 4.90 Å². The number of likely N-dealkylation sites (tertiary alicyclic amines) is 1. The lowest BCUT2D eigenvalue weighted by atomic mass is 9.80. The Morgan fingerprint density at radius 3 is 2.58 bits per heavy atom. The molecule has 0 aliphatic carbocycles. The van der Waals surface area contributed by atoms with Gasteiger partial charge >= 0.3 is 0 Å². The first-order chi connectivity index (χ1) is 8.83. The molecule has 2 aliphatic rings. The predicted octanol–water partition coefficient (Wildman–Crippen LogP) is 0.805. The molecule has 0 unspecified atom stereocenters. The van der Waals surface area contributed by atoms with Crippen molar-refractivity contribution in [2.45, 2.75) is 24.3 Å². The highest BCUT2D eigenvalue weighted by molar-refractivity contribution is 7.90. The average molecular weight is 279 g/mol. The standard InChI is InChI=1S/C13H17N3O2S/c1-9(2)13(14)7-16(8-13)12-10-5-3-4-6-11(10)19(17,18)15-12/h3-6,9H,7-8,14H2,1-2H3. The molecule has 0 amide bonds. The van der Waals surface area contributed by atoms with Crippen molar-refractivity contribution in [3.8, 4) is 0 Å². The van der Waals surface area contributed by atoms with Crippen LogP contribution < -0.4 is 5.73 Å². The number of rotatable bonds is 1. The molecule has 1 aromatic rings. The second kappa shape index (κ2) is 3.80. The molecule has 1 saturated heterocycles. The third kappa shape index (κ3) is 1.78. The van der Waals surface area contributed by atoms with Crippen LogP contribution in [-0.2, 0) is 10.0 Å². The first-order valence-corrected chi connectivity index (χ1v) is 7.76. The Morgan fingerprint density at radius 1 is 1.32 bits per heavy atom. The Bertz CT molecular complexity index is 658. The molecule has 19 heavy (non-hydrogen) atoms. The summed E-state index contributed by atoms with van der Waals surface area (Å²) in [6.45, 7) is 5.46. The molecule has 0 radical (unpaired) electrons. The number of hydrogen-bond acceptors (Lipinski definition) is 4. The van der Waals surface area contributed by atoms with Gasteiger partial charge in [-0.2, -0.15) is 8.42 Å². The second-order valence-electron chi connectivity index (χ2n) is 5.63. The Morgan fingerprint density at radius 2 is 1.95 bits per heavy atom. The maximum atomic E-state index is 12.0. The van der Waals surface area contributed by atoms with E-state index in [4.69, 9.17) is 5.73 Å². The van der Waals surface area contributed by atoms with Gasteiger partial charge in [-0.1, -0.05) is 26.0 Å². The fourth-order valence-corrected chi connectivity index (χ4v) is 3.72. The summed E-state index contributed by atoms with van der Waals surface area (Å²) in [6, 6.07) is 6.93. The van der Waals surface area contributed by atoms with Crippen LogP contribution >= 0.6 is 0 Å². The minimum Gasteiger partial charge on any atom is -0.352 e. The molecule has 2 aliphatic heterocycles. The summed E-state index contributed by atoms with van der Waals surface area (Å²) >= 11 is 0. The molecule has 3 rings (SSSR count). The van der Waals surface area contributed by atoms with Crippen LogP contribution in [0.2, 0.25) is 0 Å². The Kier molecular flexibility index (Phi) is 2.53. The van der Waals surface area contributed by atoms with E-state index in [0.717, 1.165) is 0 Å². The number of hydrogen-bond donors (Lipinski definition) is 1. The monoisotopic (exact) mass is 279 g/mol. The van der Waals surface area contributed by atoms with E-state index >= 15 is 0 Å². The van der Waals surface area contributed by atoms with Crippen LogP contribution in [0.1, 0.15) is 19.4 Å². The molecule has 0 spiro atoms. The lowest BCUT2D eigenvalue weighted by molar-refractivity contribution is 0.100. The van der Waals surface area contributed by atoms with Crippen molar-refractivity contribution in [3.05, 3.63) is 29.8 Å². The highest BCUT2D eigenvalue weighted by Gasteiger charge is 2.45. The normalized spacial score (nSPS) is 22.9. The minimum absolute atomic E-state index is 0.246. The van der Waals surface area contributed by atoms with E-state index in [-0.39, 0.29) is 5.54 Å². The van der Waals surface area contributed by atoms with E-state index in [2.05, 4.69) is 18.2 Å². The molecule has 2 heterocycles. The molecule has 2 N–H and O–H groups in total. The van der Waals surface area contributed by atoms with Crippen LogP contribution in [0.25, 0.3) is 0 Å². The molecule has 0 aromatic heterocycles. The number of nitrogens with two attached hydrogens (primary N) is 1. The number of benzene rings is 1. The van der Waals surface area contributed by atoms with Gasteiger partial charge in [0, 0.05) is 18.7 Å². The summed E-state index contributed by atoms with van der Waals surface area (Å²) in [5.41, 5.74) is 6.69. The zero-order valence-corrected chi connectivity index (χ0v) is 11.8. The minimum atomic E-state index is -3.53. The summed E-state index contributed by atoms with van der Waals surface area (Å²) in [5, 5.41) is 0. The van der Waals surface area contributed by atoms with Crippen molar-refractivity contribution in [3.63, 3.8) is 0 Å². The van der Waals surface area contributed by atoms with Gasteiger partial charge in [-0.25, -0.2) is 0 Å². The van der Waals surface area contributed by atoms with Crippen molar-refractivity contribution >= 4 is 15.9 Å². The van der Waals surface area contributed by atoms with Gasteiger partial charge in [-0.3, -0.25) is 0 Å². The number of fused-ring (bicyclic) bond motifs is 1. The SMILES string of the molecule is CC(C)C1(N)CN(C2=NS(=O)(=O)c3ccccc32)C1. The highest BCUT2D eigenvalue weighted by atomic mass is 32.2. The van der Waals surface area contributed by atoms with E-state index in [0.29, 0.717) is 35.3 Å². The van der Waals surface area contributed by atoms with Gasteiger partial charge < -0.3 is 10.6 Å².